The third kappa shape index (κ3) is 1.70. The molecule has 0 saturated heterocycles. The Morgan fingerprint density at radius 2 is 1.83 bits per heavy atom. The summed E-state index contributed by atoms with van der Waals surface area (Å²) < 4.78 is 0. The van der Waals surface area contributed by atoms with Gasteiger partial charge in [0.25, 0.3) is 0 Å². The topological polar surface area (TPSA) is 43.1 Å². The standard InChI is InChI=1S/C16H15NO/c17-16(18)15-13-7-3-1-5-11(13)9-10-12-6-2-4-8-14(12)15/h1-11,13,15H,(H2,17,18). The van der Waals surface area contributed by atoms with Gasteiger partial charge in [-0.15, -0.1) is 0 Å². The van der Waals surface area contributed by atoms with E-state index in [1.807, 2.05) is 36.4 Å². The van der Waals surface area contributed by atoms with E-state index in [2.05, 4.69) is 24.3 Å². The number of primary amides is 1. The van der Waals surface area contributed by atoms with Crippen LogP contribution in [0.4, 0.5) is 0 Å². The minimum Gasteiger partial charge on any atom is -0.369 e. The van der Waals surface area contributed by atoms with E-state index in [0.29, 0.717) is 0 Å². The van der Waals surface area contributed by atoms with Crippen molar-refractivity contribution in [3.8, 4) is 0 Å². The molecule has 0 spiro atoms. The van der Waals surface area contributed by atoms with Crippen molar-refractivity contribution in [2.75, 3.05) is 0 Å². The summed E-state index contributed by atoms with van der Waals surface area (Å²) in [6.07, 6.45) is 12.5. The molecule has 0 aliphatic heterocycles. The van der Waals surface area contributed by atoms with Gasteiger partial charge in [0.15, 0.2) is 0 Å². The molecule has 2 nitrogen and oxygen atoms in total. The van der Waals surface area contributed by atoms with Gasteiger partial charge in [-0.05, 0) is 11.1 Å². The molecule has 2 aliphatic rings. The zero-order chi connectivity index (χ0) is 12.5. The van der Waals surface area contributed by atoms with Crippen LogP contribution in [0.2, 0.25) is 0 Å². The second kappa shape index (κ2) is 4.30. The Morgan fingerprint density at radius 1 is 1.06 bits per heavy atom. The third-order valence-corrected chi connectivity index (χ3v) is 3.74. The van der Waals surface area contributed by atoms with Gasteiger partial charge in [0.2, 0.25) is 5.91 Å². The SMILES string of the molecule is NC(=O)C1c2ccccc2C=CC2C=CC=CC21. The minimum atomic E-state index is -0.249. The highest BCUT2D eigenvalue weighted by molar-refractivity contribution is 5.85. The van der Waals surface area contributed by atoms with E-state index in [1.54, 1.807) is 0 Å². The Hall–Kier alpha value is -2.09. The summed E-state index contributed by atoms with van der Waals surface area (Å²) in [5.74, 6) is -0.115. The van der Waals surface area contributed by atoms with Crippen molar-refractivity contribution in [1.29, 1.82) is 0 Å². The van der Waals surface area contributed by atoms with Gasteiger partial charge in [-0.3, -0.25) is 4.79 Å². The number of nitrogens with two attached hydrogens (primary N) is 1. The van der Waals surface area contributed by atoms with Crippen LogP contribution in [0.3, 0.4) is 0 Å². The van der Waals surface area contributed by atoms with Crippen LogP contribution in [0, 0.1) is 11.8 Å². The quantitative estimate of drug-likeness (QED) is 0.801. The maximum absolute atomic E-state index is 11.9. The molecule has 18 heavy (non-hydrogen) atoms. The molecule has 2 aliphatic carbocycles. The monoisotopic (exact) mass is 237 g/mol. The number of fused-ring (bicyclic) bond motifs is 2. The molecule has 90 valence electrons. The second-order valence-corrected chi connectivity index (χ2v) is 4.79. The lowest BCUT2D eigenvalue weighted by molar-refractivity contribution is -0.120. The van der Waals surface area contributed by atoms with Crippen LogP contribution in [-0.4, -0.2) is 5.91 Å². The van der Waals surface area contributed by atoms with Gasteiger partial charge in [-0.2, -0.15) is 0 Å². The predicted octanol–water partition coefficient (Wildman–Crippen LogP) is 2.64. The van der Waals surface area contributed by atoms with Crippen LogP contribution in [0.15, 0.2) is 54.6 Å². The first-order chi connectivity index (χ1) is 8.77. The third-order valence-electron chi connectivity index (χ3n) is 3.74. The molecule has 0 radical (unpaired) electrons. The average molecular weight is 237 g/mol. The van der Waals surface area contributed by atoms with Crippen LogP contribution in [-0.2, 0) is 4.79 Å². The van der Waals surface area contributed by atoms with E-state index >= 15 is 0 Å². The first kappa shape index (κ1) is 11.0. The second-order valence-electron chi connectivity index (χ2n) is 4.79. The minimum absolute atomic E-state index is 0.132. The first-order valence-corrected chi connectivity index (χ1v) is 6.19. The van der Waals surface area contributed by atoms with Crippen LogP contribution in [0.5, 0.6) is 0 Å². The number of amides is 1. The van der Waals surface area contributed by atoms with Gasteiger partial charge in [0, 0.05) is 11.8 Å². The molecule has 0 bridgehead atoms. The molecule has 3 unspecified atom stereocenters. The summed E-state index contributed by atoms with van der Waals surface area (Å²) in [4.78, 5) is 11.9. The molecular formula is C16H15NO. The number of carbonyl (C=O) groups is 1. The molecule has 2 heteroatoms. The van der Waals surface area contributed by atoms with Crippen molar-refractivity contribution >= 4 is 12.0 Å². The Bertz CT molecular complexity index is 568. The molecule has 1 aromatic rings. The molecular weight excluding hydrogens is 222 g/mol. The molecule has 0 heterocycles. The van der Waals surface area contributed by atoms with Crippen LogP contribution in [0.25, 0.3) is 6.08 Å². The molecule has 0 fully saturated rings. The molecule has 0 aromatic heterocycles. The van der Waals surface area contributed by atoms with E-state index in [0.717, 1.165) is 11.1 Å². The van der Waals surface area contributed by atoms with Crippen molar-refractivity contribution in [2.24, 2.45) is 17.6 Å². The zero-order valence-electron chi connectivity index (χ0n) is 9.99. The lowest BCUT2D eigenvalue weighted by Crippen LogP contribution is -2.30. The Balaban J connectivity index is 2.16. The Labute approximate surface area is 107 Å². The Kier molecular flexibility index (Phi) is 2.63. The smallest absolute Gasteiger partial charge is 0.225 e. The number of benzene rings is 1. The van der Waals surface area contributed by atoms with Gasteiger partial charge in [0.1, 0.15) is 0 Å². The van der Waals surface area contributed by atoms with Crippen LogP contribution in [0.1, 0.15) is 17.0 Å². The van der Waals surface area contributed by atoms with Crippen molar-refractivity contribution in [3.05, 3.63) is 65.8 Å². The van der Waals surface area contributed by atoms with Gasteiger partial charge >= 0.3 is 0 Å². The number of allylic oxidation sites excluding steroid dienone is 5. The maximum Gasteiger partial charge on any atom is 0.225 e. The number of hydrogen-bond donors (Lipinski definition) is 1. The van der Waals surface area contributed by atoms with E-state index in [4.69, 9.17) is 5.73 Å². The van der Waals surface area contributed by atoms with Gasteiger partial charge in [0.05, 0.1) is 5.92 Å². The highest BCUT2D eigenvalue weighted by Crippen LogP contribution is 2.39. The maximum atomic E-state index is 11.9. The molecule has 2 N–H and O–H groups in total. The summed E-state index contributed by atoms with van der Waals surface area (Å²) in [5.41, 5.74) is 7.76. The number of carbonyl (C=O) groups excluding carboxylic acids is 1. The normalized spacial score (nSPS) is 28.3. The van der Waals surface area contributed by atoms with Gasteiger partial charge in [-0.1, -0.05) is 60.7 Å². The van der Waals surface area contributed by atoms with Crippen molar-refractivity contribution in [2.45, 2.75) is 5.92 Å². The number of rotatable bonds is 1. The van der Waals surface area contributed by atoms with Crippen molar-refractivity contribution in [3.63, 3.8) is 0 Å². The van der Waals surface area contributed by atoms with Crippen molar-refractivity contribution in [1.82, 2.24) is 0 Å². The van der Waals surface area contributed by atoms with E-state index in [-0.39, 0.29) is 23.7 Å². The Morgan fingerprint density at radius 3 is 2.67 bits per heavy atom. The molecule has 1 amide bonds. The van der Waals surface area contributed by atoms with Crippen LogP contribution >= 0.6 is 0 Å². The largest absolute Gasteiger partial charge is 0.369 e. The number of hydrogen-bond acceptors (Lipinski definition) is 1. The summed E-state index contributed by atoms with van der Waals surface area (Å²) >= 11 is 0. The fourth-order valence-electron chi connectivity index (χ4n) is 2.88. The molecule has 0 saturated carbocycles. The highest BCUT2D eigenvalue weighted by Gasteiger charge is 2.33. The van der Waals surface area contributed by atoms with E-state index < -0.39 is 0 Å². The van der Waals surface area contributed by atoms with Crippen molar-refractivity contribution < 1.29 is 4.79 Å². The van der Waals surface area contributed by atoms with E-state index in [9.17, 15) is 4.79 Å². The van der Waals surface area contributed by atoms with E-state index in [1.165, 1.54) is 0 Å². The zero-order valence-corrected chi connectivity index (χ0v) is 9.99. The lowest BCUT2D eigenvalue weighted by Gasteiger charge is -2.27. The summed E-state index contributed by atoms with van der Waals surface area (Å²) in [7, 11) is 0. The van der Waals surface area contributed by atoms with Gasteiger partial charge in [-0.25, -0.2) is 0 Å². The average Bonchev–Trinajstić information content (AvgIpc) is 2.55. The highest BCUT2D eigenvalue weighted by atomic mass is 16.1. The molecule has 3 atom stereocenters. The summed E-state index contributed by atoms with van der Waals surface area (Å²) in [6.45, 7) is 0. The summed E-state index contributed by atoms with van der Waals surface area (Å²) in [6, 6.07) is 7.99. The molecule has 1 aromatic carbocycles. The lowest BCUT2D eigenvalue weighted by atomic mass is 9.76. The predicted molar refractivity (Wildman–Crippen MR) is 72.7 cm³/mol. The first-order valence-electron chi connectivity index (χ1n) is 6.19. The van der Waals surface area contributed by atoms with Gasteiger partial charge < -0.3 is 5.73 Å². The fourth-order valence-corrected chi connectivity index (χ4v) is 2.88. The summed E-state index contributed by atoms with van der Waals surface area (Å²) in [5, 5.41) is 0. The van der Waals surface area contributed by atoms with Crippen LogP contribution < -0.4 is 5.73 Å². The fraction of sp³-hybridized carbons (Fsp3) is 0.188. The molecule has 3 rings (SSSR count).